The van der Waals surface area contributed by atoms with E-state index in [0.29, 0.717) is 12.1 Å². The molecule has 9 heavy (non-hydrogen) atoms. The second-order valence-corrected chi connectivity index (χ2v) is 2.67. The van der Waals surface area contributed by atoms with Crippen LogP contribution in [0.2, 0.25) is 0 Å². The lowest BCUT2D eigenvalue weighted by Crippen LogP contribution is -2.26. The Labute approximate surface area is 55.8 Å². The van der Waals surface area contributed by atoms with Gasteiger partial charge in [0, 0.05) is 11.1 Å². The molecule has 0 saturated carbocycles. The first-order valence-corrected chi connectivity index (χ1v) is 3.18. The number of hydrogen-bond acceptors (Lipinski definition) is 1. The Balaban J connectivity index is 4.09. The lowest BCUT2D eigenvalue weighted by atomic mass is 9.85. The highest BCUT2D eigenvalue weighted by molar-refractivity contribution is 5.84. The minimum absolute atomic E-state index is 0.418. The van der Waals surface area contributed by atoms with Crippen LogP contribution in [0.25, 0.3) is 0 Å². The third kappa shape index (κ3) is 1.77. The maximum Gasteiger partial charge on any atom is 0.0999 e. The Kier molecular flexibility index (Phi) is 2.82. The van der Waals surface area contributed by atoms with E-state index in [2.05, 4.69) is 0 Å². The van der Waals surface area contributed by atoms with Gasteiger partial charge in [-0.05, 0) is 13.3 Å². The van der Waals surface area contributed by atoms with Crippen LogP contribution in [0.1, 0.15) is 27.2 Å². The molecule has 0 aliphatic heterocycles. The average molecular weight is 131 g/mol. The first-order valence-electron chi connectivity index (χ1n) is 3.18. The third-order valence-electron chi connectivity index (χ3n) is 1.98. The van der Waals surface area contributed by atoms with Crippen molar-refractivity contribution in [3.63, 3.8) is 0 Å². The largest absolute Gasteiger partial charge is 0.309 e. The fraction of sp³-hybridized carbons (Fsp3) is 0.857. The van der Waals surface area contributed by atoms with E-state index in [0.717, 1.165) is 0 Å². The zero-order chi connectivity index (χ0) is 7.49. The maximum atomic E-state index is 12.2. The molecule has 1 nitrogen and oxygen atoms in total. The van der Waals surface area contributed by atoms with Crippen LogP contribution in [0, 0.1) is 10.8 Å². The predicted octanol–water partition coefficient (Wildman–Crippen LogP) is 2.41. The number of nitrogens with one attached hydrogen (secondary N) is 1. The molecule has 0 rings (SSSR count). The van der Waals surface area contributed by atoms with E-state index in [1.807, 2.05) is 6.92 Å². The van der Waals surface area contributed by atoms with E-state index >= 15 is 0 Å². The molecule has 0 radical (unpaired) electrons. The lowest BCUT2D eigenvalue weighted by molar-refractivity contribution is 0.309. The summed E-state index contributed by atoms with van der Waals surface area (Å²) in [6.45, 7) is 4.91. The van der Waals surface area contributed by atoms with E-state index in [-0.39, 0.29) is 0 Å². The van der Waals surface area contributed by atoms with Crippen LogP contribution >= 0.6 is 0 Å². The average Bonchev–Trinajstić information content (AvgIpc) is 1.86. The van der Waals surface area contributed by atoms with Crippen molar-refractivity contribution in [2.24, 2.45) is 5.41 Å². The zero-order valence-corrected chi connectivity index (χ0v) is 6.29. The topological polar surface area (TPSA) is 23.9 Å². The molecule has 0 aliphatic carbocycles. The summed E-state index contributed by atoms with van der Waals surface area (Å²) in [7, 11) is 0. The van der Waals surface area contributed by atoms with Crippen molar-refractivity contribution in [2.45, 2.75) is 27.2 Å². The second-order valence-electron chi connectivity index (χ2n) is 2.67. The van der Waals surface area contributed by atoms with Crippen LogP contribution in [-0.2, 0) is 0 Å². The highest BCUT2D eigenvalue weighted by Crippen LogP contribution is 2.22. The van der Waals surface area contributed by atoms with Gasteiger partial charge in [0.15, 0.2) is 0 Å². The summed E-state index contributed by atoms with van der Waals surface area (Å²) in [4.78, 5) is 0. The molecule has 0 spiro atoms. The minimum atomic E-state index is -0.500. The number of rotatable bonds is 3. The van der Waals surface area contributed by atoms with Gasteiger partial charge >= 0.3 is 0 Å². The van der Waals surface area contributed by atoms with Crippen molar-refractivity contribution >= 4 is 5.71 Å². The Hall–Kier alpha value is -0.400. The van der Waals surface area contributed by atoms with Crippen molar-refractivity contribution in [3.05, 3.63) is 0 Å². The van der Waals surface area contributed by atoms with Gasteiger partial charge in [-0.25, -0.2) is 0 Å². The first-order chi connectivity index (χ1) is 4.06. The van der Waals surface area contributed by atoms with Crippen molar-refractivity contribution in [2.75, 3.05) is 6.67 Å². The second kappa shape index (κ2) is 2.95. The van der Waals surface area contributed by atoms with Crippen LogP contribution in [0.4, 0.5) is 4.39 Å². The molecule has 0 aromatic carbocycles. The molecular formula is C7H14FN. The van der Waals surface area contributed by atoms with E-state index in [1.165, 1.54) is 0 Å². The van der Waals surface area contributed by atoms with E-state index in [9.17, 15) is 4.39 Å². The van der Waals surface area contributed by atoms with E-state index < -0.39 is 12.1 Å². The van der Waals surface area contributed by atoms with Gasteiger partial charge in [-0.1, -0.05) is 13.8 Å². The fourth-order valence-electron chi connectivity index (χ4n) is 0.460. The molecule has 0 saturated heterocycles. The molecule has 0 aromatic rings. The Morgan fingerprint density at radius 2 is 2.11 bits per heavy atom. The molecule has 54 valence electrons. The van der Waals surface area contributed by atoms with Crippen LogP contribution < -0.4 is 0 Å². The summed E-state index contributed by atoms with van der Waals surface area (Å²) in [6, 6.07) is 0. The van der Waals surface area contributed by atoms with Crippen LogP contribution in [0.3, 0.4) is 0 Å². The minimum Gasteiger partial charge on any atom is -0.309 e. The molecule has 0 bridgehead atoms. The summed E-state index contributed by atoms with van der Waals surface area (Å²) < 4.78 is 12.2. The van der Waals surface area contributed by atoms with Crippen molar-refractivity contribution in [1.29, 1.82) is 5.41 Å². The molecule has 0 aromatic heterocycles. The smallest absolute Gasteiger partial charge is 0.0999 e. The van der Waals surface area contributed by atoms with Gasteiger partial charge in [-0.15, -0.1) is 0 Å². The Morgan fingerprint density at radius 1 is 1.67 bits per heavy atom. The normalized spacial score (nSPS) is 16.9. The highest BCUT2D eigenvalue weighted by atomic mass is 19.1. The third-order valence-corrected chi connectivity index (χ3v) is 1.98. The Morgan fingerprint density at radius 3 is 2.11 bits per heavy atom. The monoisotopic (exact) mass is 131 g/mol. The quantitative estimate of drug-likeness (QED) is 0.569. The Bertz CT molecular complexity index is 105. The molecule has 0 fully saturated rings. The van der Waals surface area contributed by atoms with Gasteiger partial charge in [0.05, 0.1) is 6.67 Å². The summed E-state index contributed by atoms with van der Waals surface area (Å²) in [6.07, 6.45) is 0.707. The SMILES string of the molecule is CCC(C)(CF)C(C)=N. The van der Waals surface area contributed by atoms with E-state index in [1.54, 1.807) is 13.8 Å². The number of halogens is 1. The zero-order valence-electron chi connectivity index (χ0n) is 6.29. The first kappa shape index (κ1) is 8.60. The van der Waals surface area contributed by atoms with Crippen molar-refractivity contribution in [3.8, 4) is 0 Å². The molecular weight excluding hydrogens is 117 g/mol. The van der Waals surface area contributed by atoms with Crippen molar-refractivity contribution < 1.29 is 4.39 Å². The summed E-state index contributed by atoms with van der Waals surface area (Å²) in [5, 5.41) is 7.21. The summed E-state index contributed by atoms with van der Waals surface area (Å²) >= 11 is 0. The molecule has 1 N–H and O–H groups in total. The van der Waals surface area contributed by atoms with Crippen LogP contribution in [0.15, 0.2) is 0 Å². The highest BCUT2D eigenvalue weighted by Gasteiger charge is 2.23. The van der Waals surface area contributed by atoms with Crippen molar-refractivity contribution in [1.82, 2.24) is 0 Å². The van der Waals surface area contributed by atoms with Gasteiger partial charge in [0.1, 0.15) is 0 Å². The van der Waals surface area contributed by atoms with Gasteiger partial charge in [-0.2, -0.15) is 0 Å². The molecule has 1 atom stereocenters. The summed E-state index contributed by atoms with van der Waals surface area (Å²) in [5.41, 5.74) is -0.0625. The van der Waals surface area contributed by atoms with Gasteiger partial charge in [-0.3, -0.25) is 4.39 Å². The summed E-state index contributed by atoms with van der Waals surface area (Å²) in [5.74, 6) is 0. The number of hydrogen-bond donors (Lipinski definition) is 1. The standard InChI is InChI=1S/C7H14FN/c1-4-7(3,5-8)6(2)9/h9H,4-5H2,1-3H3. The van der Waals surface area contributed by atoms with Gasteiger partial charge < -0.3 is 5.41 Å². The van der Waals surface area contributed by atoms with E-state index in [4.69, 9.17) is 5.41 Å². The maximum absolute atomic E-state index is 12.2. The van der Waals surface area contributed by atoms with Gasteiger partial charge in [0.25, 0.3) is 0 Å². The predicted molar refractivity (Wildman–Crippen MR) is 37.8 cm³/mol. The number of alkyl halides is 1. The fourth-order valence-corrected chi connectivity index (χ4v) is 0.460. The van der Waals surface area contributed by atoms with Crippen LogP contribution in [0.5, 0.6) is 0 Å². The van der Waals surface area contributed by atoms with Crippen LogP contribution in [-0.4, -0.2) is 12.4 Å². The molecule has 1 unspecified atom stereocenters. The molecule has 0 amide bonds. The molecule has 0 aliphatic rings. The molecule has 0 heterocycles. The lowest BCUT2D eigenvalue weighted by Gasteiger charge is -2.22. The molecule has 2 heteroatoms. The van der Waals surface area contributed by atoms with Gasteiger partial charge in [0.2, 0.25) is 0 Å².